The number of nitrogens with one attached hydrogen (secondary N) is 1. The number of hydrogen-bond donors (Lipinski definition) is 1. The third kappa shape index (κ3) is 9.94. The van der Waals surface area contributed by atoms with Gasteiger partial charge in [-0.2, -0.15) is 0 Å². The summed E-state index contributed by atoms with van der Waals surface area (Å²) >= 11 is 0. The van der Waals surface area contributed by atoms with Crippen molar-refractivity contribution in [2.45, 2.75) is 90.3 Å². The van der Waals surface area contributed by atoms with E-state index in [2.05, 4.69) is 25.0 Å². The molecule has 1 amide bonds. The van der Waals surface area contributed by atoms with Gasteiger partial charge in [0.1, 0.15) is 25.0 Å². The van der Waals surface area contributed by atoms with Crippen LogP contribution in [0.15, 0.2) is 78.9 Å². The second kappa shape index (κ2) is 14.7. The van der Waals surface area contributed by atoms with E-state index in [4.69, 9.17) is 23.5 Å². The molecule has 1 heterocycles. The summed E-state index contributed by atoms with van der Waals surface area (Å²) in [5, 5.41) is 2.76. The fourth-order valence-electron chi connectivity index (χ4n) is 4.64. The maximum atomic E-state index is 13.5. The van der Waals surface area contributed by atoms with Gasteiger partial charge in [0.2, 0.25) is 0 Å². The zero-order valence-corrected chi connectivity index (χ0v) is 28.6. The van der Waals surface area contributed by atoms with Crippen molar-refractivity contribution < 1.29 is 33.1 Å². The van der Waals surface area contributed by atoms with Gasteiger partial charge in [0.25, 0.3) is 0 Å². The quantitative estimate of drug-likeness (QED) is 0.175. The molecule has 1 atom stereocenters. The molecule has 4 rings (SSSR count). The normalized spacial score (nSPS) is 16.1. The van der Waals surface area contributed by atoms with Gasteiger partial charge in [0.05, 0.1) is 17.8 Å². The molecule has 0 aromatic heterocycles. The molecule has 0 unspecified atom stereocenters. The number of hydrogen-bond acceptors (Lipinski definition) is 7. The lowest BCUT2D eigenvalue weighted by Gasteiger charge is -2.32. The molecule has 0 aliphatic carbocycles. The largest absolute Gasteiger partial charge is 0.494 e. The zero-order valence-electron chi connectivity index (χ0n) is 27.6. The Kier molecular flexibility index (Phi) is 11.2. The number of esters is 1. The van der Waals surface area contributed by atoms with Gasteiger partial charge in [-0.25, -0.2) is 9.59 Å². The van der Waals surface area contributed by atoms with Crippen LogP contribution in [0.5, 0.6) is 5.75 Å². The van der Waals surface area contributed by atoms with E-state index in [-0.39, 0.29) is 19.6 Å². The molecule has 0 spiro atoms. The lowest BCUT2D eigenvalue weighted by molar-refractivity contribution is -0.145. The van der Waals surface area contributed by atoms with Crippen LogP contribution in [0.2, 0.25) is 25.7 Å². The minimum Gasteiger partial charge on any atom is -0.489 e. The highest BCUT2D eigenvalue weighted by atomic mass is 28.3. The highest BCUT2D eigenvalue weighted by Gasteiger charge is 2.51. The van der Waals surface area contributed by atoms with Crippen molar-refractivity contribution in [3.8, 4) is 5.75 Å². The highest BCUT2D eigenvalue weighted by molar-refractivity contribution is 6.76. The van der Waals surface area contributed by atoms with Gasteiger partial charge in [-0.05, 0) is 62.0 Å². The molecule has 0 saturated carbocycles. The molecule has 1 N–H and O–H groups in total. The van der Waals surface area contributed by atoms with E-state index in [1.54, 1.807) is 0 Å². The molecule has 240 valence electrons. The summed E-state index contributed by atoms with van der Waals surface area (Å²) < 4.78 is 30.1. The Balaban J connectivity index is 1.59. The predicted octanol–water partition coefficient (Wildman–Crippen LogP) is 6.28. The molecule has 1 saturated heterocycles. The first-order valence-corrected chi connectivity index (χ1v) is 19.2. The van der Waals surface area contributed by atoms with Crippen LogP contribution in [0.1, 0.15) is 44.4 Å². The molecule has 3 aromatic rings. The van der Waals surface area contributed by atoms with Crippen LogP contribution in [0.25, 0.3) is 0 Å². The van der Waals surface area contributed by atoms with Crippen LogP contribution >= 0.6 is 0 Å². The molecule has 1 aliphatic rings. The summed E-state index contributed by atoms with van der Waals surface area (Å²) in [6, 6.07) is 24.7. The second-order valence-corrected chi connectivity index (χ2v) is 19.3. The molecule has 8 nitrogen and oxygen atoms in total. The number of ether oxygens (including phenoxy) is 3. The molecule has 1 fully saturated rings. The van der Waals surface area contributed by atoms with Crippen LogP contribution in [0, 0.1) is 0 Å². The third-order valence-corrected chi connectivity index (χ3v) is 9.86. The fourth-order valence-corrected chi connectivity index (χ4v) is 5.35. The summed E-state index contributed by atoms with van der Waals surface area (Å²) in [6.45, 7) is 15.4. The van der Waals surface area contributed by atoms with Gasteiger partial charge in [0, 0.05) is 14.5 Å². The number of carbonyl (C=O) groups is 2. The molecule has 10 heteroatoms. The van der Waals surface area contributed by atoms with Crippen molar-refractivity contribution in [3.05, 3.63) is 95.6 Å². The average Bonchev–Trinajstić information content (AvgIpc) is 3.21. The Morgan fingerprint density at radius 1 is 0.822 bits per heavy atom. The smallest absolute Gasteiger partial charge is 0.489 e. The lowest BCUT2D eigenvalue weighted by Crippen LogP contribution is -2.44. The van der Waals surface area contributed by atoms with E-state index in [0.29, 0.717) is 17.9 Å². The topological polar surface area (TPSA) is 92.3 Å². The maximum absolute atomic E-state index is 13.5. The molecule has 45 heavy (non-hydrogen) atoms. The molecular weight excluding hydrogens is 585 g/mol. The number of carbonyl (C=O) groups excluding carboxylic acids is 2. The van der Waals surface area contributed by atoms with Gasteiger partial charge < -0.3 is 28.8 Å². The van der Waals surface area contributed by atoms with Crippen molar-refractivity contribution in [1.29, 1.82) is 0 Å². The van der Waals surface area contributed by atoms with Crippen LogP contribution in [-0.4, -0.2) is 51.1 Å². The van der Waals surface area contributed by atoms with Crippen molar-refractivity contribution in [1.82, 2.24) is 5.32 Å². The van der Waals surface area contributed by atoms with Gasteiger partial charge in [-0.1, -0.05) is 92.4 Å². The first kappa shape index (κ1) is 34.3. The monoisotopic (exact) mass is 631 g/mol. The van der Waals surface area contributed by atoms with E-state index < -0.39 is 44.5 Å². The van der Waals surface area contributed by atoms with Gasteiger partial charge in [-0.15, -0.1) is 0 Å². The minimum absolute atomic E-state index is 0.0763. The van der Waals surface area contributed by atoms with Gasteiger partial charge >= 0.3 is 19.2 Å². The lowest BCUT2D eigenvalue weighted by atomic mass is 9.78. The van der Waals surface area contributed by atoms with Crippen LogP contribution in [0.3, 0.4) is 0 Å². The number of benzene rings is 3. The van der Waals surface area contributed by atoms with E-state index >= 15 is 0 Å². The highest BCUT2D eigenvalue weighted by Crippen LogP contribution is 2.37. The SMILES string of the molecule is CC1(C)OB(c2ccc(OCc3ccccc3)c(C[C@H](NC(=O)OCc3ccccc3)C(=O)OCC[Si](C)(C)C)c2)OC1(C)C. The predicted molar refractivity (Wildman–Crippen MR) is 179 cm³/mol. The maximum Gasteiger partial charge on any atom is 0.494 e. The summed E-state index contributed by atoms with van der Waals surface area (Å²) in [4.78, 5) is 26.4. The molecule has 0 radical (unpaired) electrons. The number of amides is 1. The van der Waals surface area contributed by atoms with Crippen molar-refractivity contribution >= 4 is 32.7 Å². The van der Waals surface area contributed by atoms with Crippen LogP contribution in [0.4, 0.5) is 4.79 Å². The second-order valence-electron chi connectivity index (χ2n) is 13.7. The van der Waals surface area contributed by atoms with Gasteiger partial charge in [0.15, 0.2) is 0 Å². The van der Waals surface area contributed by atoms with Crippen LogP contribution in [-0.2, 0) is 43.2 Å². The van der Waals surface area contributed by atoms with Crippen molar-refractivity contribution in [2.24, 2.45) is 0 Å². The fraction of sp³-hybridized carbons (Fsp3) is 0.429. The Morgan fingerprint density at radius 3 is 1.98 bits per heavy atom. The van der Waals surface area contributed by atoms with Crippen molar-refractivity contribution in [2.75, 3.05) is 6.61 Å². The van der Waals surface area contributed by atoms with E-state index in [0.717, 1.165) is 22.6 Å². The van der Waals surface area contributed by atoms with E-state index in [1.807, 2.05) is 107 Å². The van der Waals surface area contributed by atoms with Gasteiger partial charge in [-0.3, -0.25) is 0 Å². The van der Waals surface area contributed by atoms with E-state index in [1.165, 1.54) is 0 Å². The Bertz CT molecular complexity index is 1410. The molecular formula is C35H46BNO7Si. The summed E-state index contributed by atoms with van der Waals surface area (Å²) in [5.41, 5.74) is 2.29. The van der Waals surface area contributed by atoms with Crippen LogP contribution < -0.4 is 15.5 Å². The number of rotatable bonds is 13. The van der Waals surface area contributed by atoms with Crippen molar-refractivity contribution in [3.63, 3.8) is 0 Å². The first-order chi connectivity index (χ1) is 21.2. The Morgan fingerprint density at radius 2 is 1.40 bits per heavy atom. The summed E-state index contributed by atoms with van der Waals surface area (Å²) in [5.74, 6) is 0.0541. The summed E-state index contributed by atoms with van der Waals surface area (Å²) in [7, 11) is -2.06. The van der Waals surface area contributed by atoms with E-state index in [9.17, 15) is 9.59 Å². The zero-order chi connectivity index (χ0) is 32.7. The Labute approximate surface area is 268 Å². The summed E-state index contributed by atoms with van der Waals surface area (Å²) in [6.07, 6.45) is -0.594. The molecule has 1 aliphatic heterocycles. The number of alkyl carbamates (subject to hydrolysis) is 1. The third-order valence-electron chi connectivity index (χ3n) is 8.16. The Hall–Kier alpha value is -3.60. The standard InChI is InChI=1S/C35H46BNO7Si/c1-34(2)35(3,4)44-36(43-34)29-18-19-31(41-24-26-14-10-8-11-15-26)28(22-29)23-30(32(38)40-20-21-45(5,6)7)37-33(39)42-25-27-16-12-9-13-17-27/h8-19,22,30H,20-21,23-25H2,1-7H3,(H,37,39)/t30-/m0/s1. The molecule has 0 bridgehead atoms. The minimum atomic E-state index is -1.45. The average molecular weight is 632 g/mol. The first-order valence-electron chi connectivity index (χ1n) is 15.5. The molecule has 3 aromatic carbocycles.